The van der Waals surface area contributed by atoms with Gasteiger partial charge in [0.1, 0.15) is 0 Å². The molecule has 1 saturated heterocycles. The summed E-state index contributed by atoms with van der Waals surface area (Å²) < 4.78 is 11.4. The molecule has 1 fully saturated rings. The average Bonchev–Trinajstić information content (AvgIpc) is 3.43. The highest BCUT2D eigenvalue weighted by Crippen LogP contribution is 2.34. The maximum atomic E-state index is 12.8. The molecule has 2 atom stereocenters. The standard InChI is InChI=1S/C24H27N3O3/c1-29-17-20-15-27(22(28)14-8-11-18-9-4-2-5-10-18)16-21(20)24-26-25-23(30-24)19-12-6-3-7-13-19/h2-7,9-10,12-13,20-21H,8,11,14-17H2,1H3/t20-,21+/m0/s1. The van der Waals surface area contributed by atoms with E-state index >= 15 is 0 Å². The Labute approximate surface area is 176 Å². The quantitative estimate of drug-likeness (QED) is 0.568. The summed E-state index contributed by atoms with van der Waals surface area (Å²) in [6, 6.07) is 20.0. The predicted octanol–water partition coefficient (Wildman–Crippen LogP) is 3.95. The zero-order valence-corrected chi connectivity index (χ0v) is 17.2. The van der Waals surface area contributed by atoms with E-state index in [2.05, 4.69) is 22.3 Å². The Morgan fingerprint density at radius 1 is 1.07 bits per heavy atom. The molecule has 2 heterocycles. The van der Waals surface area contributed by atoms with Crippen molar-refractivity contribution in [2.24, 2.45) is 5.92 Å². The molecule has 1 aliphatic rings. The topological polar surface area (TPSA) is 68.5 Å². The molecule has 1 aliphatic heterocycles. The van der Waals surface area contributed by atoms with Crippen LogP contribution in [-0.4, -0.2) is 47.8 Å². The van der Waals surface area contributed by atoms with Gasteiger partial charge in [-0.2, -0.15) is 0 Å². The highest BCUT2D eigenvalue weighted by Gasteiger charge is 2.39. The van der Waals surface area contributed by atoms with Gasteiger partial charge in [0, 0.05) is 38.1 Å². The second-order valence-electron chi connectivity index (χ2n) is 7.77. The molecule has 0 N–H and O–H groups in total. The summed E-state index contributed by atoms with van der Waals surface area (Å²) in [5.41, 5.74) is 2.16. The van der Waals surface area contributed by atoms with E-state index in [9.17, 15) is 4.79 Å². The number of amides is 1. The summed E-state index contributed by atoms with van der Waals surface area (Å²) >= 11 is 0. The number of aryl methyl sites for hydroxylation is 1. The van der Waals surface area contributed by atoms with Gasteiger partial charge in [-0.05, 0) is 30.5 Å². The van der Waals surface area contributed by atoms with Crippen molar-refractivity contribution in [3.05, 3.63) is 72.1 Å². The van der Waals surface area contributed by atoms with E-state index in [1.165, 1.54) is 5.56 Å². The summed E-state index contributed by atoms with van der Waals surface area (Å²) in [5, 5.41) is 8.51. The molecule has 3 aromatic rings. The molecular weight excluding hydrogens is 378 g/mol. The van der Waals surface area contributed by atoms with Crippen LogP contribution < -0.4 is 0 Å². The molecule has 0 unspecified atom stereocenters. The Balaban J connectivity index is 1.39. The van der Waals surface area contributed by atoms with Crippen molar-refractivity contribution in [2.75, 3.05) is 26.8 Å². The van der Waals surface area contributed by atoms with Crippen LogP contribution in [0.25, 0.3) is 11.5 Å². The first-order valence-corrected chi connectivity index (χ1v) is 10.4. The number of aromatic nitrogens is 2. The lowest BCUT2D eigenvalue weighted by Gasteiger charge is -2.16. The average molecular weight is 405 g/mol. The lowest BCUT2D eigenvalue weighted by molar-refractivity contribution is -0.130. The first kappa shape index (κ1) is 20.3. The first-order valence-electron chi connectivity index (χ1n) is 10.4. The van der Waals surface area contributed by atoms with Crippen LogP contribution in [0.4, 0.5) is 0 Å². The molecule has 0 saturated carbocycles. The van der Waals surface area contributed by atoms with Gasteiger partial charge in [0.15, 0.2) is 0 Å². The fraction of sp³-hybridized carbons (Fsp3) is 0.375. The number of benzene rings is 2. The van der Waals surface area contributed by atoms with Crippen molar-refractivity contribution in [3.63, 3.8) is 0 Å². The van der Waals surface area contributed by atoms with Gasteiger partial charge < -0.3 is 14.1 Å². The van der Waals surface area contributed by atoms with Crippen LogP contribution in [0.2, 0.25) is 0 Å². The summed E-state index contributed by atoms with van der Waals surface area (Å²) in [6.45, 7) is 1.81. The van der Waals surface area contributed by atoms with E-state index in [0.29, 0.717) is 37.9 Å². The summed E-state index contributed by atoms with van der Waals surface area (Å²) in [4.78, 5) is 14.7. The van der Waals surface area contributed by atoms with Gasteiger partial charge in [-0.1, -0.05) is 48.5 Å². The Kier molecular flexibility index (Phi) is 6.54. The number of hydrogen-bond acceptors (Lipinski definition) is 5. The number of carbonyl (C=O) groups is 1. The Morgan fingerprint density at radius 2 is 1.80 bits per heavy atom. The molecule has 4 rings (SSSR count). The Bertz CT molecular complexity index is 943. The Hall–Kier alpha value is -2.99. The molecule has 1 amide bonds. The highest BCUT2D eigenvalue weighted by molar-refractivity contribution is 5.76. The van der Waals surface area contributed by atoms with E-state index in [1.54, 1.807) is 7.11 Å². The largest absolute Gasteiger partial charge is 0.420 e. The van der Waals surface area contributed by atoms with Gasteiger partial charge in [-0.3, -0.25) is 4.79 Å². The van der Waals surface area contributed by atoms with Crippen LogP contribution in [0.5, 0.6) is 0 Å². The maximum absolute atomic E-state index is 12.8. The third kappa shape index (κ3) is 4.76. The van der Waals surface area contributed by atoms with Crippen LogP contribution in [0, 0.1) is 5.92 Å². The van der Waals surface area contributed by atoms with Gasteiger partial charge >= 0.3 is 0 Å². The fourth-order valence-electron chi connectivity index (χ4n) is 4.07. The van der Waals surface area contributed by atoms with Crippen molar-refractivity contribution in [1.82, 2.24) is 15.1 Å². The van der Waals surface area contributed by atoms with E-state index in [-0.39, 0.29) is 17.7 Å². The minimum absolute atomic E-state index is 0.00649. The third-order valence-corrected chi connectivity index (χ3v) is 5.65. The first-order chi connectivity index (χ1) is 14.7. The molecule has 0 aliphatic carbocycles. The van der Waals surface area contributed by atoms with E-state index < -0.39 is 0 Å². The summed E-state index contributed by atoms with van der Waals surface area (Å²) in [6.07, 6.45) is 2.30. The fourth-order valence-corrected chi connectivity index (χ4v) is 4.07. The molecule has 0 spiro atoms. The minimum Gasteiger partial charge on any atom is -0.420 e. The molecular formula is C24H27N3O3. The lowest BCUT2D eigenvalue weighted by Crippen LogP contribution is -2.29. The van der Waals surface area contributed by atoms with Gasteiger partial charge in [0.05, 0.1) is 12.5 Å². The number of likely N-dealkylation sites (tertiary alicyclic amines) is 1. The lowest BCUT2D eigenvalue weighted by atomic mass is 9.97. The van der Waals surface area contributed by atoms with E-state index in [4.69, 9.17) is 9.15 Å². The number of carbonyl (C=O) groups excluding carboxylic acids is 1. The molecule has 1 aromatic heterocycles. The van der Waals surface area contributed by atoms with Crippen molar-refractivity contribution < 1.29 is 13.9 Å². The molecule has 0 bridgehead atoms. The van der Waals surface area contributed by atoms with Crippen molar-refractivity contribution >= 4 is 5.91 Å². The molecule has 30 heavy (non-hydrogen) atoms. The highest BCUT2D eigenvalue weighted by atomic mass is 16.5. The SMILES string of the molecule is COC[C@@H]1CN(C(=O)CCCc2ccccc2)C[C@H]1c1nnc(-c2ccccc2)o1. The monoisotopic (exact) mass is 405 g/mol. The predicted molar refractivity (Wildman–Crippen MR) is 114 cm³/mol. The normalized spacial score (nSPS) is 18.6. The molecule has 6 heteroatoms. The third-order valence-electron chi connectivity index (χ3n) is 5.65. The zero-order valence-electron chi connectivity index (χ0n) is 17.2. The van der Waals surface area contributed by atoms with Gasteiger partial charge in [-0.15, -0.1) is 10.2 Å². The van der Waals surface area contributed by atoms with Gasteiger partial charge in [0.2, 0.25) is 17.7 Å². The molecule has 0 radical (unpaired) electrons. The van der Waals surface area contributed by atoms with E-state index in [0.717, 1.165) is 18.4 Å². The van der Waals surface area contributed by atoms with Crippen LogP contribution in [0.3, 0.4) is 0 Å². The number of nitrogens with zero attached hydrogens (tertiary/aromatic N) is 3. The molecule has 2 aromatic carbocycles. The second kappa shape index (κ2) is 9.67. The van der Waals surface area contributed by atoms with Crippen LogP contribution in [0.15, 0.2) is 65.1 Å². The van der Waals surface area contributed by atoms with Crippen molar-refractivity contribution in [3.8, 4) is 11.5 Å². The number of rotatable bonds is 8. The van der Waals surface area contributed by atoms with Crippen LogP contribution in [0.1, 0.15) is 30.2 Å². The van der Waals surface area contributed by atoms with Crippen LogP contribution >= 0.6 is 0 Å². The minimum atomic E-state index is -0.00649. The number of methoxy groups -OCH3 is 1. The number of ether oxygens (including phenoxy) is 1. The van der Waals surface area contributed by atoms with Crippen molar-refractivity contribution in [2.45, 2.75) is 25.2 Å². The maximum Gasteiger partial charge on any atom is 0.247 e. The second-order valence-corrected chi connectivity index (χ2v) is 7.77. The smallest absolute Gasteiger partial charge is 0.247 e. The zero-order chi connectivity index (χ0) is 20.8. The number of hydrogen-bond donors (Lipinski definition) is 0. The summed E-state index contributed by atoms with van der Waals surface area (Å²) in [7, 11) is 1.69. The van der Waals surface area contributed by atoms with Crippen LogP contribution in [-0.2, 0) is 16.0 Å². The molecule has 6 nitrogen and oxygen atoms in total. The van der Waals surface area contributed by atoms with Crippen molar-refractivity contribution in [1.29, 1.82) is 0 Å². The Morgan fingerprint density at radius 3 is 2.53 bits per heavy atom. The van der Waals surface area contributed by atoms with Gasteiger partial charge in [-0.25, -0.2) is 0 Å². The summed E-state index contributed by atoms with van der Waals surface area (Å²) in [5.74, 6) is 1.41. The van der Waals surface area contributed by atoms with Gasteiger partial charge in [0.25, 0.3) is 0 Å². The van der Waals surface area contributed by atoms with E-state index in [1.807, 2.05) is 53.4 Å². The molecule has 156 valence electrons.